The van der Waals surface area contributed by atoms with Crippen molar-refractivity contribution in [3.63, 3.8) is 0 Å². The van der Waals surface area contributed by atoms with Crippen molar-refractivity contribution in [2.24, 2.45) is 0 Å². The van der Waals surface area contributed by atoms with Gasteiger partial charge in [-0.3, -0.25) is 4.79 Å². The van der Waals surface area contributed by atoms with Crippen molar-refractivity contribution >= 4 is 23.2 Å². The molecular formula is C27H30FN3O3. The van der Waals surface area contributed by atoms with Crippen LogP contribution in [0.1, 0.15) is 42.4 Å². The SMILES string of the molecule is CCCN(c1ccc(F)cn1)c1cccc(CNc2ccc3c(c2)OC[C@H]3CC(=O)OC)c1C. The lowest BCUT2D eigenvalue weighted by Gasteiger charge is -2.26. The fourth-order valence-electron chi connectivity index (χ4n) is 4.30. The highest BCUT2D eigenvalue weighted by Crippen LogP contribution is 2.38. The first-order valence-electron chi connectivity index (χ1n) is 11.5. The molecule has 34 heavy (non-hydrogen) atoms. The Balaban J connectivity index is 1.50. The molecule has 0 spiro atoms. The molecule has 0 aliphatic carbocycles. The molecule has 4 rings (SSSR count). The van der Waals surface area contributed by atoms with Gasteiger partial charge in [0, 0.05) is 42.0 Å². The number of nitrogens with one attached hydrogen (secondary N) is 1. The second-order valence-corrected chi connectivity index (χ2v) is 8.44. The number of carbonyl (C=O) groups excluding carboxylic acids is 1. The maximum atomic E-state index is 13.4. The number of halogens is 1. The summed E-state index contributed by atoms with van der Waals surface area (Å²) in [6.07, 6.45) is 2.51. The molecule has 1 aromatic heterocycles. The van der Waals surface area contributed by atoms with E-state index >= 15 is 0 Å². The predicted molar refractivity (Wildman–Crippen MR) is 131 cm³/mol. The van der Waals surface area contributed by atoms with E-state index in [0.29, 0.717) is 19.6 Å². The molecule has 1 atom stereocenters. The molecule has 1 aliphatic rings. The summed E-state index contributed by atoms with van der Waals surface area (Å²) < 4.78 is 24.0. The van der Waals surface area contributed by atoms with E-state index in [1.54, 1.807) is 6.07 Å². The average molecular weight is 464 g/mol. The maximum absolute atomic E-state index is 13.4. The molecular weight excluding hydrogens is 433 g/mol. The van der Waals surface area contributed by atoms with Crippen LogP contribution in [0.3, 0.4) is 0 Å². The molecule has 0 fully saturated rings. The molecule has 7 heteroatoms. The first-order chi connectivity index (χ1) is 16.5. The van der Waals surface area contributed by atoms with E-state index in [-0.39, 0.29) is 17.7 Å². The normalized spacial score (nSPS) is 14.3. The van der Waals surface area contributed by atoms with Gasteiger partial charge in [0.2, 0.25) is 0 Å². The molecule has 0 saturated carbocycles. The van der Waals surface area contributed by atoms with Crippen molar-refractivity contribution in [2.45, 2.75) is 39.2 Å². The van der Waals surface area contributed by atoms with Crippen LogP contribution in [0.15, 0.2) is 54.7 Å². The van der Waals surface area contributed by atoms with E-state index in [1.807, 2.05) is 24.3 Å². The lowest BCUT2D eigenvalue weighted by Crippen LogP contribution is -2.20. The number of ether oxygens (including phenoxy) is 2. The van der Waals surface area contributed by atoms with Crippen LogP contribution in [0.25, 0.3) is 0 Å². The van der Waals surface area contributed by atoms with Crippen molar-refractivity contribution in [1.82, 2.24) is 4.98 Å². The lowest BCUT2D eigenvalue weighted by molar-refractivity contribution is -0.141. The van der Waals surface area contributed by atoms with Gasteiger partial charge < -0.3 is 19.7 Å². The quantitative estimate of drug-likeness (QED) is 0.409. The standard InChI is InChI=1S/C27H30FN3O3/c1-4-12-31(26-11-8-21(28)16-30-26)24-7-5-6-19(18(24)2)15-29-22-9-10-23-20(13-27(32)33-3)17-34-25(23)14-22/h5-11,14,16,20,29H,4,12-13,15,17H2,1-3H3/t20-/m1/s1. The highest BCUT2D eigenvalue weighted by atomic mass is 19.1. The van der Waals surface area contributed by atoms with Crippen LogP contribution in [-0.2, 0) is 16.1 Å². The number of nitrogens with zero attached hydrogens (tertiary/aromatic N) is 2. The van der Waals surface area contributed by atoms with Crippen LogP contribution < -0.4 is 15.0 Å². The lowest BCUT2D eigenvalue weighted by atomic mass is 9.97. The third-order valence-electron chi connectivity index (χ3n) is 6.16. The Morgan fingerprint density at radius 1 is 1.26 bits per heavy atom. The van der Waals surface area contributed by atoms with Gasteiger partial charge in [-0.2, -0.15) is 0 Å². The third-order valence-corrected chi connectivity index (χ3v) is 6.16. The molecule has 0 saturated heterocycles. The summed E-state index contributed by atoms with van der Waals surface area (Å²) in [5, 5.41) is 3.49. The zero-order valence-electron chi connectivity index (χ0n) is 19.8. The number of rotatable bonds is 9. The molecule has 0 radical (unpaired) electrons. The highest BCUT2D eigenvalue weighted by molar-refractivity contribution is 5.71. The van der Waals surface area contributed by atoms with Crippen molar-refractivity contribution in [3.8, 4) is 5.75 Å². The largest absolute Gasteiger partial charge is 0.493 e. The number of aromatic nitrogens is 1. The molecule has 3 aromatic rings. The molecule has 2 heterocycles. The fourth-order valence-corrected chi connectivity index (χ4v) is 4.30. The van der Waals surface area contributed by atoms with Crippen LogP contribution in [-0.4, -0.2) is 31.2 Å². The number of carbonyl (C=O) groups is 1. The van der Waals surface area contributed by atoms with Gasteiger partial charge in [-0.25, -0.2) is 9.37 Å². The minimum Gasteiger partial charge on any atom is -0.493 e. The monoisotopic (exact) mass is 463 g/mol. The Hall–Kier alpha value is -3.61. The van der Waals surface area contributed by atoms with E-state index < -0.39 is 0 Å². The van der Waals surface area contributed by atoms with Crippen LogP contribution in [0.4, 0.5) is 21.6 Å². The van der Waals surface area contributed by atoms with Crippen LogP contribution in [0, 0.1) is 12.7 Å². The number of benzene rings is 2. The minimum absolute atomic E-state index is 0.0278. The average Bonchev–Trinajstić information content (AvgIpc) is 3.24. The van der Waals surface area contributed by atoms with Crippen LogP contribution in [0.2, 0.25) is 0 Å². The van der Waals surface area contributed by atoms with Crippen LogP contribution >= 0.6 is 0 Å². The van der Waals surface area contributed by atoms with Gasteiger partial charge in [0.15, 0.2) is 0 Å². The van der Waals surface area contributed by atoms with E-state index in [1.165, 1.54) is 19.4 Å². The second-order valence-electron chi connectivity index (χ2n) is 8.44. The topological polar surface area (TPSA) is 63.7 Å². The molecule has 0 amide bonds. The van der Waals surface area contributed by atoms with E-state index in [4.69, 9.17) is 9.47 Å². The summed E-state index contributed by atoms with van der Waals surface area (Å²) in [6.45, 7) is 6.12. The Bertz CT molecular complexity index is 1150. The highest BCUT2D eigenvalue weighted by Gasteiger charge is 2.27. The maximum Gasteiger partial charge on any atom is 0.306 e. The van der Waals surface area contributed by atoms with Gasteiger partial charge in [-0.15, -0.1) is 0 Å². The van der Waals surface area contributed by atoms with Crippen molar-refractivity contribution in [3.05, 3.63) is 77.2 Å². The number of hydrogen-bond acceptors (Lipinski definition) is 6. The van der Waals surface area contributed by atoms with Crippen molar-refractivity contribution in [2.75, 3.05) is 30.5 Å². The van der Waals surface area contributed by atoms with Crippen molar-refractivity contribution < 1.29 is 18.7 Å². The summed E-state index contributed by atoms with van der Waals surface area (Å²) >= 11 is 0. The molecule has 1 N–H and O–H groups in total. The van der Waals surface area contributed by atoms with E-state index in [9.17, 15) is 9.18 Å². The Morgan fingerprint density at radius 2 is 2.12 bits per heavy atom. The number of fused-ring (bicyclic) bond motifs is 1. The Morgan fingerprint density at radius 3 is 2.85 bits per heavy atom. The zero-order valence-corrected chi connectivity index (χ0v) is 19.8. The van der Waals surface area contributed by atoms with Gasteiger partial charge in [0.05, 0.1) is 26.3 Å². The van der Waals surface area contributed by atoms with Gasteiger partial charge in [-0.05, 0) is 48.7 Å². The van der Waals surface area contributed by atoms with Gasteiger partial charge in [0.1, 0.15) is 17.4 Å². The number of pyridine rings is 1. The first kappa shape index (κ1) is 23.5. The summed E-state index contributed by atoms with van der Waals surface area (Å²) in [5.41, 5.74) is 5.35. The number of anilines is 3. The number of methoxy groups -OCH3 is 1. The van der Waals surface area contributed by atoms with Crippen LogP contribution in [0.5, 0.6) is 5.75 Å². The first-order valence-corrected chi connectivity index (χ1v) is 11.5. The smallest absolute Gasteiger partial charge is 0.306 e. The summed E-state index contributed by atoms with van der Waals surface area (Å²) in [7, 11) is 1.40. The Labute approximate surface area is 199 Å². The molecule has 1 aliphatic heterocycles. The minimum atomic E-state index is -0.343. The molecule has 0 unspecified atom stereocenters. The molecule has 6 nitrogen and oxygen atoms in total. The van der Waals surface area contributed by atoms with Gasteiger partial charge in [-0.1, -0.05) is 25.1 Å². The zero-order chi connectivity index (χ0) is 24.1. The van der Waals surface area contributed by atoms with Gasteiger partial charge >= 0.3 is 5.97 Å². The molecule has 0 bridgehead atoms. The van der Waals surface area contributed by atoms with Crippen molar-refractivity contribution in [1.29, 1.82) is 0 Å². The second kappa shape index (κ2) is 10.5. The summed E-state index contributed by atoms with van der Waals surface area (Å²) in [4.78, 5) is 18.1. The van der Waals surface area contributed by atoms with Gasteiger partial charge in [0.25, 0.3) is 0 Å². The summed E-state index contributed by atoms with van der Waals surface area (Å²) in [6, 6.07) is 15.4. The van der Waals surface area contributed by atoms with E-state index in [2.05, 4.69) is 41.2 Å². The van der Waals surface area contributed by atoms with E-state index in [0.717, 1.165) is 52.6 Å². The number of esters is 1. The predicted octanol–water partition coefficient (Wildman–Crippen LogP) is 5.73. The number of hydrogen-bond donors (Lipinski definition) is 1. The summed E-state index contributed by atoms with van der Waals surface area (Å²) in [5.74, 6) is 0.992. The molecule has 2 aromatic carbocycles. The third kappa shape index (κ3) is 5.14. The Kier molecular flexibility index (Phi) is 7.30. The fraction of sp³-hybridized carbons (Fsp3) is 0.333. The molecule has 178 valence electrons.